The minimum atomic E-state index is -0.967. The van der Waals surface area contributed by atoms with Gasteiger partial charge in [0.2, 0.25) is 0 Å². The third-order valence-corrected chi connectivity index (χ3v) is 2.62. The van der Waals surface area contributed by atoms with Crippen LogP contribution < -0.4 is 5.32 Å². The molecule has 0 saturated carbocycles. The highest BCUT2D eigenvalue weighted by Crippen LogP contribution is 2.13. The van der Waals surface area contributed by atoms with Crippen molar-refractivity contribution < 1.29 is 9.90 Å². The standard InChI is InChI=1S/C14H14N2O2/c17-14(18)12-10-15-8-7-13(12)16-9-6-11-4-2-1-3-5-11/h1-5,7-8,10H,6,9H2,(H,15,16)(H,17,18). The van der Waals surface area contributed by atoms with E-state index in [-0.39, 0.29) is 5.56 Å². The fourth-order valence-electron chi connectivity index (χ4n) is 1.71. The molecule has 0 atom stereocenters. The van der Waals surface area contributed by atoms with Crippen LogP contribution in [0.5, 0.6) is 0 Å². The Hall–Kier alpha value is -2.36. The van der Waals surface area contributed by atoms with Gasteiger partial charge >= 0.3 is 5.97 Å². The number of aromatic carboxylic acids is 1. The maximum Gasteiger partial charge on any atom is 0.339 e. The fraction of sp³-hybridized carbons (Fsp3) is 0.143. The van der Waals surface area contributed by atoms with Crippen molar-refractivity contribution in [2.24, 2.45) is 0 Å². The van der Waals surface area contributed by atoms with E-state index >= 15 is 0 Å². The first-order valence-electron chi connectivity index (χ1n) is 5.72. The Morgan fingerprint density at radius 3 is 2.72 bits per heavy atom. The monoisotopic (exact) mass is 242 g/mol. The number of anilines is 1. The third kappa shape index (κ3) is 3.07. The Bertz CT molecular complexity index is 526. The molecule has 2 aromatic rings. The van der Waals surface area contributed by atoms with Crippen LogP contribution >= 0.6 is 0 Å². The van der Waals surface area contributed by atoms with Gasteiger partial charge in [-0.25, -0.2) is 4.79 Å². The van der Waals surface area contributed by atoms with E-state index in [1.165, 1.54) is 11.8 Å². The average Bonchev–Trinajstić information content (AvgIpc) is 2.40. The molecular weight excluding hydrogens is 228 g/mol. The lowest BCUT2D eigenvalue weighted by molar-refractivity contribution is 0.0697. The summed E-state index contributed by atoms with van der Waals surface area (Å²) in [5, 5.41) is 12.1. The maximum absolute atomic E-state index is 11.0. The topological polar surface area (TPSA) is 62.2 Å². The summed E-state index contributed by atoms with van der Waals surface area (Å²) in [5.41, 5.74) is 2.02. The number of nitrogens with one attached hydrogen (secondary N) is 1. The lowest BCUT2D eigenvalue weighted by Gasteiger charge is -2.08. The van der Waals surface area contributed by atoms with Crippen LogP contribution in [0.15, 0.2) is 48.8 Å². The maximum atomic E-state index is 11.0. The van der Waals surface area contributed by atoms with E-state index in [4.69, 9.17) is 5.11 Å². The van der Waals surface area contributed by atoms with Gasteiger partial charge < -0.3 is 10.4 Å². The molecule has 0 fully saturated rings. The summed E-state index contributed by atoms with van der Waals surface area (Å²) < 4.78 is 0. The minimum Gasteiger partial charge on any atom is -0.478 e. The molecule has 92 valence electrons. The molecule has 1 heterocycles. The van der Waals surface area contributed by atoms with E-state index in [0.717, 1.165) is 6.42 Å². The highest BCUT2D eigenvalue weighted by atomic mass is 16.4. The number of rotatable bonds is 5. The molecule has 18 heavy (non-hydrogen) atoms. The second kappa shape index (κ2) is 5.82. The molecule has 2 N–H and O–H groups in total. The minimum absolute atomic E-state index is 0.200. The second-order valence-electron chi connectivity index (χ2n) is 3.89. The molecule has 1 aromatic carbocycles. The van der Waals surface area contributed by atoms with Gasteiger partial charge in [0.1, 0.15) is 5.56 Å². The van der Waals surface area contributed by atoms with Crippen LogP contribution in [0.2, 0.25) is 0 Å². The summed E-state index contributed by atoms with van der Waals surface area (Å²) in [5.74, 6) is -0.967. The summed E-state index contributed by atoms with van der Waals surface area (Å²) >= 11 is 0. The number of aromatic nitrogens is 1. The molecule has 0 amide bonds. The van der Waals surface area contributed by atoms with Crippen LogP contribution in [0.25, 0.3) is 0 Å². The van der Waals surface area contributed by atoms with Gasteiger partial charge in [0.25, 0.3) is 0 Å². The van der Waals surface area contributed by atoms with E-state index in [9.17, 15) is 4.79 Å². The molecule has 0 bridgehead atoms. The Kier molecular flexibility index (Phi) is 3.91. The molecule has 0 spiro atoms. The van der Waals surface area contributed by atoms with Gasteiger partial charge in [-0.1, -0.05) is 30.3 Å². The van der Waals surface area contributed by atoms with Crippen molar-refractivity contribution in [3.63, 3.8) is 0 Å². The first-order chi connectivity index (χ1) is 8.77. The lowest BCUT2D eigenvalue weighted by Crippen LogP contribution is -2.09. The third-order valence-electron chi connectivity index (χ3n) is 2.62. The van der Waals surface area contributed by atoms with Crippen molar-refractivity contribution in [3.8, 4) is 0 Å². The first kappa shape index (κ1) is 12.1. The van der Waals surface area contributed by atoms with Gasteiger partial charge in [-0.15, -0.1) is 0 Å². The first-order valence-corrected chi connectivity index (χ1v) is 5.72. The summed E-state index contributed by atoms with van der Waals surface area (Å²) in [6.07, 6.45) is 3.78. The fourth-order valence-corrected chi connectivity index (χ4v) is 1.71. The largest absolute Gasteiger partial charge is 0.478 e. The van der Waals surface area contributed by atoms with Crippen molar-refractivity contribution >= 4 is 11.7 Å². The van der Waals surface area contributed by atoms with Crippen LogP contribution in [-0.4, -0.2) is 22.6 Å². The molecule has 0 aliphatic carbocycles. The molecule has 0 radical (unpaired) electrons. The summed E-state index contributed by atoms with van der Waals surface area (Å²) in [7, 11) is 0. The number of carbonyl (C=O) groups is 1. The number of pyridine rings is 1. The van der Waals surface area contributed by atoms with Crippen molar-refractivity contribution in [1.82, 2.24) is 4.98 Å². The van der Waals surface area contributed by atoms with Crippen molar-refractivity contribution in [1.29, 1.82) is 0 Å². The quantitative estimate of drug-likeness (QED) is 0.845. The molecule has 4 heteroatoms. The molecule has 0 aliphatic heterocycles. The van der Waals surface area contributed by atoms with Crippen LogP contribution in [0, 0.1) is 0 Å². The number of nitrogens with zero attached hydrogens (tertiary/aromatic N) is 1. The molecule has 2 rings (SSSR count). The lowest BCUT2D eigenvalue weighted by atomic mass is 10.1. The van der Waals surface area contributed by atoms with Crippen LogP contribution in [0.4, 0.5) is 5.69 Å². The molecule has 0 aliphatic rings. The highest BCUT2D eigenvalue weighted by Gasteiger charge is 2.08. The number of carboxylic acids is 1. The van der Waals surface area contributed by atoms with Crippen molar-refractivity contribution in [2.45, 2.75) is 6.42 Å². The Labute approximate surface area is 105 Å². The zero-order valence-corrected chi connectivity index (χ0v) is 9.84. The van der Waals surface area contributed by atoms with E-state index in [1.54, 1.807) is 12.3 Å². The summed E-state index contributed by atoms with van der Waals surface area (Å²) in [4.78, 5) is 14.8. The average molecular weight is 242 g/mol. The summed E-state index contributed by atoms with van der Waals surface area (Å²) in [6.45, 7) is 0.689. The number of hydrogen-bond donors (Lipinski definition) is 2. The smallest absolute Gasteiger partial charge is 0.339 e. The van der Waals surface area contributed by atoms with E-state index in [1.807, 2.05) is 30.3 Å². The molecule has 0 unspecified atom stereocenters. The zero-order valence-electron chi connectivity index (χ0n) is 9.84. The molecule has 1 aromatic heterocycles. The zero-order chi connectivity index (χ0) is 12.8. The molecular formula is C14H14N2O2. The van der Waals surface area contributed by atoms with Gasteiger partial charge in [0, 0.05) is 18.9 Å². The van der Waals surface area contributed by atoms with E-state index in [2.05, 4.69) is 10.3 Å². The van der Waals surface area contributed by atoms with Gasteiger partial charge in [-0.05, 0) is 18.1 Å². The molecule has 0 saturated heterocycles. The summed E-state index contributed by atoms with van der Waals surface area (Å²) in [6, 6.07) is 11.7. The SMILES string of the molecule is O=C(O)c1cnccc1NCCc1ccccc1. The van der Waals surface area contributed by atoms with E-state index < -0.39 is 5.97 Å². The van der Waals surface area contributed by atoms with Crippen molar-refractivity contribution in [2.75, 3.05) is 11.9 Å². The highest BCUT2D eigenvalue weighted by molar-refractivity contribution is 5.93. The second-order valence-corrected chi connectivity index (χ2v) is 3.89. The number of benzene rings is 1. The van der Waals surface area contributed by atoms with Gasteiger partial charge in [-0.2, -0.15) is 0 Å². The molecule has 4 nitrogen and oxygen atoms in total. The number of hydrogen-bond acceptors (Lipinski definition) is 3. The van der Waals surface area contributed by atoms with Crippen LogP contribution in [-0.2, 0) is 6.42 Å². The predicted molar refractivity (Wildman–Crippen MR) is 69.8 cm³/mol. The Balaban J connectivity index is 1.97. The number of carboxylic acid groups (broad SMARTS) is 1. The van der Waals surface area contributed by atoms with Crippen molar-refractivity contribution in [3.05, 3.63) is 59.9 Å². The van der Waals surface area contributed by atoms with E-state index in [0.29, 0.717) is 12.2 Å². The van der Waals surface area contributed by atoms with Crippen LogP contribution in [0.1, 0.15) is 15.9 Å². The van der Waals surface area contributed by atoms with Crippen LogP contribution in [0.3, 0.4) is 0 Å². The van der Waals surface area contributed by atoms with Gasteiger partial charge in [0.05, 0.1) is 5.69 Å². The van der Waals surface area contributed by atoms with Gasteiger partial charge in [-0.3, -0.25) is 4.98 Å². The van der Waals surface area contributed by atoms with Gasteiger partial charge in [0.15, 0.2) is 0 Å². The predicted octanol–water partition coefficient (Wildman–Crippen LogP) is 2.43. The normalized spacial score (nSPS) is 10.0. The Morgan fingerprint density at radius 2 is 2.00 bits per heavy atom. The Morgan fingerprint density at radius 1 is 1.22 bits per heavy atom.